The monoisotopic (exact) mass is 332 g/mol. The second-order valence-corrected chi connectivity index (χ2v) is 11.3. The molecule has 4 atom stereocenters. The Labute approximate surface area is 117 Å². The lowest BCUT2D eigenvalue weighted by molar-refractivity contribution is 0.0780. The molecule has 0 amide bonds. The Morgan fingerprint density at radius 2 is 1.11 bits per heavy atom. The molecule has 4 nitrogen and oxygen atoms in total. The van der Waals surface area contributed by atoms with Gasteiger partial charge in [-0.3, -0.25) is 0 Å². The third-order valence-corrected chi connectivity index (χ3v) is 11.4. The summed E-state index contributed by atoms with van der Waals surface area (Å²) in [7, 11) is -6.90. The Bertz CT molecular complexity index is 545. The molecule has 3 fully saturated rings. The van der Waals surface area contributed by atoms with E-state index in [1.807, 2.05) is 0 Å². The summed E-state index contributed by atoms with van der Waals surface area (Å²) in [5.74, 6) is -0.358. The van der Waals surface area contributed by atoms with Crippen molar-refractivity contribution >= 4 is 42.9 Å². The quantitative estimate of drug-likeness (QED) is 0.630. The molecule has 0 radical (unpaired) electrons. The number of halogens is 2. The predicted octanol–water partition coefficient (Wildman–Crippen LogP) is 1.52. The van der Waals surface area contributed by atoms with Gasteiger partial charge in [-0.15, -0.1) is 23.2 Å². The molecule has 0 aromatic carbocycles. The number of sulfone groups is 2. The SMILES string of the molecule is O=S1(=O)C[C@]23CCCC[C@]2(CS(=O)(=O)[C@@H]3Cl)[C@H]1Cl. The molecular weight excluding hydrogens is 319 g/mol. The standard InChI is InChI=1S/C10H14Cl2O4S2/c11-7-9-3-1-2-4-10(9,6-18(7,15)16)8(12)17(13,14)5-9/h7-8H,1-6H2/t7-,8-,9-,10-/m0/s1. The summed E-state index contributed by atoms with van der Waals surface area (Å²) in [6, 6.07) is 0. The normalized spacial score (nSPS) is 52.8. The second-order valence-electron chi connectivity index (χ2n) is 5.77. The fourth-order valence-corrected chi connectivity index (χ4v) is 10.9. The lowest BCUT2D eigenvalue weighted by Crippen LogP contribution is -2.46. The van der Waals surface area contributed by atoms with Crippen molar-refractivity contribution in [3.63, 3.8) is 0 Å². The molecule has 3 aliphatic rings. The van der Waals surface area contributed by atoms with Crippen molar-refractivity contribution in [3.8, 4) is 0 Å². The van der Waals surface area contributed by atoms with Crippen LogP contribution in [0, 0.1) is 10.8 Å². The largest absolute Gasteiger partial charge is 0.227 e. The summed E-state index contributed by atoms with van der Waals surface area (Å²) < 4.78 is 46.2. The second kappa shape index (κ2) is 3.57. The van der Waals surface area contributed by atoms with Gasteiger partial charge in [0, 0.05) is 10.8 Å². The molecule has 0 aromatic heterocycles. The van der Waals surface area contributed by atoms with E-state index >= 15 is 0 Å². The first-order valence-electron chi connectivity index (χ1n) is 5.89. The molecule has 1 aliphatic carbocycles. The molecule has 3 rings (SSSR count). The summed E-state index contributed by atoms with van der Waals surface area (Å²) in [5.41, 5.74) is -1.73. The molecule has 0 aromatic rings. The van der Waals surface area contributed by atoms with Crippen molar-refractivity contribution in [3.05, 3.63) is 0 Å². The lowest BCUT2D eigenvalue weighted by Gasteiger charge is -2.44. The van der Waals surface area contributed by atoms with Crippen LogP contribution in [0.25, 0.3) is 0 Å². The number of rotatable bonds is 0. The van der Waals surface area contributed by atoms with Crippen LogP contribution in [0.2, 0.25) is 0 Å². The van der Waals surface area contributed by atoms with Crippen LogP contribution in [0.3, 0.4) is 0 Å². The van der Waals surface area contributed by atoms with Crippen LogP contribution in [-0.4, -0.2) is 37.8 Å². The summed E-state index contributed by atoms with van der Waals surface area (Å²) in [5, 5.41) is 0. The molecular formula is C10H14Cl2O4S2. The molecule has 2 aliphatic heterocycles. The van der Waals surface area contributed by atoms with Gasteiger partial charge < -0.3 is 0 Å². The average Bonchev–Trinajstić information content (AvgIpc) is 2.55. The maximum atomic E-state index is 12.1. The van der Waals surface area contributed by atoms with Gasteiger partial charge in [0.05, 0.1) is 11.5 Å². The van der Waals surface area contributed by atoms with Gasteiger partial charge in [-0.05, 0) is 12.8 Å². The van der Waals surface area contributed by atoms with Crippen LogP contribution in [-0.2, 0) is 19.7 Å². The van der Waals surface area contributed by atoms with Gasteiger partial charge >= 0.3 is 0 Å². The first-order chi connectivity index (χ1) is 8.18. The minimum absolute atomic E-state index is 0.179. The molecule has 104 valence electrons. The maximum absolute atomic E-state index is 12.1. The Kier molecular flexibility index (Phi) is 2.67. The van der Waals surface area contributed by atoms with Gasteiger partial charge in [-0.1, -0.05) is 12.8 Å². The van der Waals surface area contributed by atoms with Crippen molar-refractivity contribution in [2.75, 3.05) is 11.5 Å². The highest BCUT2D eigenvalue weighted by Gasteiger charge is 2.76. The zero-order chi connectivity index (χ0) is 13.4. The number of hydrogen-bond donors (Lipinski definition) is 0. The topological polar surface area (TPSA) is 68.3 Å². The first-order valence-corrected chi connectivity index (χ1v) is 10.2. The molecule has 0 unspecified atom stereocenters. The highest BCUT2D eigenvalue weighted by molar-refractivity contribution is 7.95. The minimum atomic E-state index is -3.45. The molecule has 2 heterocycles. The van der Waals surface area contributed by atoms with Crippen LogP contribution < -0.4 is 0 Å². The third-order valence-electron chi connectivity index (χ3n) is 4.90. The van der Waals surface area contributed by atoms with E-state index in [4.69, 9.17) is 23.2 Å². The zero-order valence-corrected chi connectivity index (χ0v) is 12.7. The van der Waals surface area contributed by atoms with E-state index in [1.54, 1.807) is 0 Å². The van der Waals surface area contributed by atoms with Crippen molar-refractivity contribution in [2.24, 2.45) is 10.8 Å². The molecule has 0 N–H and O–H groups in total. The van der Waals surface area contributed by atoms with E-state index in [-0.39, 0.29) is 11.5 Å². The first kappa shape index (κ1) is 13.5. The van der Waals surface area contributed by atoms with Gasteiger partial charge in [-0.25, -0.2) is 16.8 Å². The highest BCUT2D eigenvalue weighted by Crippen LogP contribution is 2.68. The Morgan fingerprint density at radius 1 is 0.778 bits per heavy atom. The van der Waals surface area contributed by atoms with Crippen LogP contribution in [0.4, 0.5) is 0 Å². The van der Waals surface area contributed by atoms with E-state index in [0.29, 0.717) is 12.8 Å². The smallest absolute Gasteiger partial charge is 0.168 e. The predicted molar refractivity (Wildman–Crippen MR) is 70.2 cm³/mol. The summed E-state index contributed by atoms with van der Waals surface area (Å²) in [4.78, 5) is 0. The lowest BCUT2D eigenvalue weighted by atomic mass is 9.59. The summed E-state index contributed by atoms with van der Waals surface area (Å²) >= 11 is 12.3. The fraction of sp³-hybridized carbons (Fsp3) is 1.00. The van der Waals surface area contributed by atoms with Gasteiger partial charge in [0.25, 0.3) is 0 Å². The molecule has 18 heavy (non-hydrogen) atoms. The zero-order valence-electron chi connectivity index (χ0n) is 9.60. The van der Waals surface area contributed by atoms with E-state index in [0.717, 1.165) is 12.8 Å². The Morgan fingerprint density at radius 3 is 1.44 bits per heavy atom. The fourth-order valence-electron chi connectivity index (χ4n) is 4.17. The summed E-state index contributed by atoms with van der Waals surface area (Å²) in [6.07, 6.45) is 2.73. The molecule has 2 saturated heterocycles. The molecule has 8 heteroatoms. The van der Waals surface area contributed by atoms with E-state index in [9.17, 15) is 16.8 Å². The maximum Gasteiger partial charge on any atom is 0.168 e. The van der Waals surface area contributed by atoms with Gasteiger partial charge in [0.15, 0.2) is 19.7 Å². The van der Waals surface area contributed by atoms with Gasteiger partial charge in [0.2, 0.25) is 0 Å². The summed E-state index contributed by atoms with van der Waals surface area (Å²) in [6.45, 7) is 0. The Hall–Kier alpha value is 0.480. The highest BCUT2D eigenvalue weighted by atomic mass is 35.5. The van der Waals surface area contributed by atoms with E-state index in [2.05, 4.69) is 0 Å². The third kappa shape index (κ3) is 1.33. The van der Waals surface area contributed by atoms with Crippen LogP contribution >= 0.6 is 23.2 Å². The number of alkyl halides is 2. The van der Waals surface area contributed by atoms with Crippen LogP contribution in [0.5, 0.6) is 0 Å². The van der Waals surface area contributed by atoms with Crippen LogP contribution in [0.1, 0.15) is 25.7 Å². The molecule has 0 bridgehead atoms. The van der Waals surface area contributed by atoms with E-state index < -0.39 is 39.9 Å². The average molecular weight is 333 g/mol. The molecule has 1 saturated carbocycles. The van der Waals surface area contributed by atoms with Crippen molar-refractivity contribution in [1.29, 1.82) is 0 Å². The van der Waals surface area contributed by atoms with E-state index in [1.165, 1.54) is 0 Å². The minimum Gasteiger partial charge on any atom is -0.227 e. The number of hydrogen-bond acceptors (Lipinski definition) is 4. The van der Waals surface area contributed by atoms with Crippen molar-refractivity contribution in [1.82, 2.24) is 0 Å². The van der Waals surface area contributed by atoms with Crippen molar-refractivity contribution in [2.45, 2.75) is 35.1 Å². The van der Waals surface area contributed by atoms with Gasteiger partial charge in [-0.2, -0.15) is 0 Å². The van der Waals surface area contributed by atoms with Crippen molar-refractivity contribution < 1.29 is 16.8 Å². The van der Waals surface area contributed by atoms with Gasteiger partial charge in [0.1, 0.15) is 9.42 Å². The Balaban J connectivity index is 2.28. The molecule has 0 spiro atoms. The van der Waals surface area contributed by atoms with Crippen LogP contribution in [0.15, 0.2) is 0 Å².